The minimum absolute atomic E-state index is 0.320. The first-order valence-corrected chi connectivity index (χ1v) is 7.52. The average Bonchev–Trinajstić information content (AvgIpc) is 3.19. The van der Waals surface area contributed by atoms with E-state index in [2.05, 4.69) is 20.3 Å². The lowest BCUT2D eigenvalue weighted by Gasteiger charge is -2.14. The first-order chi connectivity index (χ1) is 11.3. The van der Waals surface area contributed by atoms with Crippen LogP contribution in [0.25, 0.3) is 17.1 Å². The molecule has 0 radical (unpaired) electrons. The van der Waals surface area contributed by atoms with E-state index in [1.165, 1.54) is 0 Å². The van der Waals surface area contributed by atoms with Crippen molar-refractivity contribution < 1.29 is 9.53 Å². The summed E-state index contributed by atoms with van der Waals surface area (Å²) < 4.78 is 6.86. The van der Waals surface area contributed by atoms with Crippen LogP contribution < -0.4 is 0 Å². The molecule has 4 rings (SSSR count). The summed E-state index contributed by atoms with van der Waals surface area (Å²) in [5.74, 6) is 0.263. The van der Waals surface area contributed by atoms with Gasteiger partial charge in [-0.05, 0) is 31.9 Å². The van der Waals surface area contributed by atoms with E-state index in [9.17, 15) is 4.79 Å². The van der Waals surface area contributed by atoms with Crippen LogP contribution in [0.4, 0.5) is 0 Å². The van der Waals surface area contributed by atoms with Crippen molar-refractivity contribution in [3.05, 3.63) is 47.5 Å². The molecule has 3 aromatic heterocycles. The lowest BCUT2D eigenvalue weighted by atomic mass is 9.94. The second kappa shape index (κ2) is 5.35. The normalized spacial score (nSPS) is 12.6. The third kappa shape index (κ3) is 2.12. The molecule has 1 N–H and O–H groups in total. The predicted molar refractivity (Wildman–Crippen MR) is 82.3 cm³/mol. The molecule has 1 aliphatic rings. The Bertz CT molecular complexity index is 866. The maximum absolute atomic E-state index is 12.3. The molecule has 7 nitrogen and oxygen atoms in total. The van der Waals surface area contributed by atoms with E-state index < -0.39 is 5.97 Å². The highest BCUT2D eigenvalue weighted by molar-refractivity contribution is 5.92. The van der Waals surface area contributed by atoms with Crippen molar-refractivity contribution in [2.75, 3.05) is 6.61 Å². The number of hydrogen-bond acceptors (Lipinski definition) is 5. The quantitative estimate of drug-likeness (QED) is 0.747. The van der Waals surface area contributed by atoms with Gasteiger partial charge in [-0.2, -0.15) is 10.2 Å². The minimum Gasteiger partial charge on any atom is -0.461 e. The summed E-state index contributed by atoms with van der Waals surface area (Å²) in [6.07, 6.45) is 4.98. The third-order valence-corrected chi connectivity index (χ3v) is 3.92. The van der Waals surface area contributed by atoms with Gasteiger partial charge >= 0.3 is 5.97 Å². The molecule has 0 saturated carbocycles. The number of aromatic amines is 1. The first-order valence-electron chi connectivity index (χ1n) is 7.52. The Morgan fingerprint density at radius 1 is 1.39 bits per heavy atom. The minimum atomic E-state index is -0.398. The Morgan fingerprint density at radius 2 is 2.30 bits per heavy atom. The lowest BCUT2D eigenvalue weighted by Crippen LogP contribution is -2.10. The molecule has 3 heterocycles. The number of ether oxygens (including phenoxy) is 1. The molecule has 0 bridgehead atoms. The molecule has 0 aliphatic heterocycles. The second-order valence-electron chi connectivity index (χ2n) is 5.26. The number of aromatic nitrogens is 5. The number of aryl methyl sites for hydroxylation is 1. The van der Waals surface area contributed by atoms with Crippen LogP contribution in [0.3, 0.4) is 0 Å². The molecule has 0 saturated heterocycles. The van der Waals surface area contributed by atoms with Crippen LogP contribution in [-0.2, 0) is 17.6 Å². The van der Waals surface area contributed by atoms with Gasteiger partial charge in [0.1, 0.15) is 0 Å². The van der Waals surface area contributed by atoms with Gasteiger partial charge in [0.2, 0.25) is 0 Å². The summed E-state index contributed by atoms with van der Waals surface area (Å²) in [6.45, 7) is 2.11. The number of esters is 1. The SMILES string of the molecule is CCOC(=O)c1nn(-c2ccccn2)c2c1CCc1[nH]ncc1-2. The molecule has 3 aromatic rings. The van der Waals surface area contributed by atoms with E-state index >= 15 is 0 Å². The molecule has 23 heavy (non-hydrogen) atoms. The third-order valence-electron chi connectivity index (χ3n) is 3.92. The molecule has 0 unspecified atom stereocenters. The number of nitrogens with one attached hydrogen (secondary N) is 1. The van der Waals surface area contributed by atoms with Crippen LogP contribution in [-0.4, -0.2) is 37.5 Å². The van der Waals surface area contributed by atoms with Crippen LogP contribution in [0.15, 0.2) is 30.6 Å². The summed E-state index contributed by atoms with van der Waals surface area (Å²) in [5.41, 5.74) is 4.12. The van der Waals surface area contributed by atoms with Gasteiger partial charge in [0.25, 0.3) is 0 Å². The highest BCUT2D eigenvalue weighted by atomic mass is 16.5. The molecule has 0 amide bonds. The Balaban J connectivity index is 1.95. The Hall–Kier alpha value is -2.96. The van der Waals surface area contributed by atoms with Crippen LogP contribution >= 0.6 is 0 Å². The number of rotatable bonds is 3. The molecular weight excluding hydrogens is 294 g/mol. The van der Waals surface area contributed by atoms with E-state index in [4.69, 9.17) is 4.74 Å². The number of H-pyrrole nitrogens is 1. The van der Waals surface area contributed by atoms with E-state index in [-0.39, 0.29) is 0 Å². The largest absolute Gasteiger partial charge is 0.461 e. The summed E-state index contributed by atoms with van der Waals surface area (Å²) in [4.78, 5) is 16.6. The topological polar surface area (TPSA) is 85.7 Å². The summed E-state index contributed by atoms with van der Waals surface area (Å²) in [6, 6.07) is 5.59. The van der Waals surface area contributed by atoms with Crippen LogP contribution in [0.1, 0.15) is 28.7 Å². The Kier molecular flexibility index (Phi) is 3.18. The van der Waals surface area contributed by atoms with Crippen LogP contribution in [0, 0.1) is 0 Å². The van der Waals surface area contributed by atoms with Gasteiger partial charge in [-0.15, -0.1) is 0 Å². The zero-order valence-corrected chi connectivity index (χ0v) is 12.6. The van der Waals surface area contributed by atoms with Crippen LogP contribution in [0.5, 0.6) is 0 Å². The van der Waals surface area contributed by atoms with Gasteiger partial charge in [0.05, 0.1) is 18.5 Å². The van der Waals surface area contributed by atoms with E-state index in [1.807, 2.05) is 18.2 Å². The monoisotopic (exact) mass is 309 g/mol. The van der Waals surface area contributed by atoms with Crippen molar-refractivity contribution >= 4 is 5.97 Å². The van der Waals surface area contributed by atoms with Crippen molar-refractivity contribution in [2.45, 2.75) is 19.8 Å². The van der Waals surface area contributed by atoms with E-state index in [1.54, 1.807) is 24.0 Å². The number of hydrogen-bond donors (Lipinski definition) is 1. The predicted octanol–water partition coefficient (Wildman–Crippen LogP) is 1.93. The van der Waals surface area contributed by atoms with Crippen molar-refractivity contribution in [1.29, 1.82) is 0 Å². The number of carbonyl (C=O) groups is 1. The molecule has 1 aliphatic carbocycles. The second-order valence-corrected chi connectivity index (χ2v) is 5.26. The standard InChI is InChI=1S/C16H15N5O2/c1-2-23-16(22)14-10-6-7-12-11(9-18-19-12)15(10)21(20-14)13-5-3-4-8-17-13/h3-5,8-9H,2,6-7H2,1H3,(H,18,19). The van der Waals surface area contributed by atoms with Gasteiger partial charge < -0.3 is 4.74 Å². The molecule has 0 atom stereocenters. The van der Waals surface area contributed by atoms with Gasteiger partial charge in [-0.1, -0.05) is 6.07 Å². The number of pyridine rings is 1. The fourth-order valence-corrected chi connectivity index (χ4v) is 2.93. The van der Waals surface area contributed by atoms with Gasteiger partial charge in [0, 0.05) is 23.0 Å². The van der Waals surface area contributed by atoms with E-state index in [0.29, 0.717) is 24.5 Å². The maximum atomic E-state index is 12.3. The smallest absolute Gasteiger partial charge is 0.359 e. The fraction of sp³-hybridized carbons (Fsp3) is 0.250. The number of nitrogens with zero attached hydrogens (tertiary/aromatic N) is 4. The zero-order valence-electron chi connectivity index (χ0n) is 12.6. The Labute approximate surface area is 132 Å². The molecule has 0 spiro atoms. The van der Waals surface area contributed by atoms with Gasteiger partial charge in [0.15, 0.2) is 11.5 Å². The van der Waals surface area contributed by atoms with Gasteiger partial charge in [-0.3, -0.25) is 5.10 Å². The Morgan fingerprint density at radius 3 is 3.09 bits per heavy atom. The van der Waals surface area contributed by atoms with Crippen molar-refractivity contribution in [2.24, 2.45) is 0 Å². The molecule has 116 valence electrons. The fourth-order valence-electron chi connectivity index (χ4n) is 2.93. The van der Waals surface area contributed by atoms with E-state index in [0.717, 1.165) is 28.9 Å². The first kappa shape index (κ1) is 13.7. The lowest BCUT2D eigenvalue weighted by molar-refractivity contribution is 0.0517. The zero-order chi connectivity index (χ0) is 15.8. The molecule has 0 aromatic carbocycles. The average molecular weight is 309 g/mol. The van der Waals surface area contributed by atoms with Crippen molar-refractivity contribution in [3.8, 4) is 17.1 Å². The summed E-state index contributed by atoms with van der Waals surface area (Å²) in [7, 11) is 0. The highest BCUT2D eigenvalue weighted by Crippen LogP contribution is 2.35. The summed E-state index contributed by atoms with van der Waals surface area (Å²) >= 11 is 0. The number of carbonyl (C=O) groups excluding carboxylic acids is 1. The van der Waals surface area contributed by atoms with Gasteiger partial charge in [-0.25, -0.2) is 14.5 Å². The van der Waals surface area contributed by atoms with Crippen molar-refractivity contribution in [1.82, 2.24) is 25.0 Å². The highest BCUT2D eigenvalue weighted by Gasteiger charge is 2.30. The molecule has 0 fully saturated rings. The van der Waals surface area contributed by atoms with Crippen molar-refractivity contribution in [3.63, 3.8) is 0 Å². The molecular formula is C16H15N5O2. The molecule has 7 heteroatoms. The summed E-state index contributed by atoms with van der Waals surface area (Å²) in [5, 5.41) is 11.6. The maximum Gasteiger partial charge on any atom is 0.359 e. The van der Waals surface area contributed by atoms with Crippen LogP contribution in [0.2, 0.25) is 0 Å². The number of fused-ring (bicyclic) bond motifs is 3.